The van der Waals surface area contributed by atoms with Crippen molar-refractivity contribution in [3.8, 4) is 0 Å². The van der Waals surface area contributed by atoms with Crippen LogP contribution in [0.5, 0.6) is 0 Å². The molecule has 1 heterocycles. The number of aliphatic carboxylic acids is 1. The summed E-state index contributed by atoms with van der Waals surface area (Å²) in [6.45, 7) is 10.4. The van der Waals surface area contributed by atoms with Gasteiger partial charge in [-0.25, -0.2) is 0 Å². The van der Waals surface area contributed by atoms with Gasteiger partial charge in [-0.05, 0) is 44.5 Å². The molecule has 0 radical (unpaired) electrons. The lowest BCUT2D eigenvalue weighted by atomic mass is 10.1. The van der Waals surface area contributed by atoms with E-state index in [1.54, 1.807) is 0 Å². The van der Waals surface area contributed by atoms with Gasteiger partial charge >= 0.3 is 5.97 Å². The maximum Gasteiger partial charge on any atom is 0.303 e. The van der Waals surface area contributed by atoms with Crippen LogP contribution in [0.4, 0.5) is 11.4 Å². The molecule has 0 spiro atoms. The third-order valence-corrected chi connectivity index (χ3v) is 4.32. The first-order valence-corrected chi connectivity index (χ1v) is 8.47. The highest BCUT2D eigenvalue weighted by molar-refractivity contribution is 5.93. The molecule has 0 aromatic heterocycles. The summed E-state index contributed by atoms with van der Waals surface area (Å²) in [7, 11) is 0. The van der Waals surface area contributed by atoms with E-state index >= 15 is 0 Å². The number of rotatable bonds is 6. The van der Waals surface area contributed by atoms with Crippen LogP contribution in [0.15, 0.2) is 18.2 Å². The zero-order chi connectivity index (χ0) is 17.7. The third-order valence-electron chi connectivity index (χ3n) is 4.32. The first-order valence-electron chi connectivity index (χ1n) is 8.47. The minimum atomic E-state index is -0.960. The number of anilines is 2. The van der Waals surface area contributed by atoms with E-state index in [1.165, 1.54) is 0 Å². The summed E-state index contributed by atoms with van der Waals surface area (Å²) in [4.78, 5) is 27.2. The maximum absolute atomic E-state index is 11.8. The Bertz CT molecular complexity index is 593. The van der Waals surface area contributed by atoms with Gasteiger partial charge in [0.15, 0.2) is 0 Å². The van der Waals surface area contributed by atoms with Gasteiger partial charge in [0.2, 0.25) is 5.91 Å². The Hall–Kier alpha value is -2.08. The highest BCUT2D eigenvalue weighted by Crippen LogP contribution is 2.24. The number of benzene rings is 1. The number of aryl methyl sites for hydroxylation is 1. The van der Waals surface area contributed by atoms with Crippen molar-refractivity contribution >= 4 is 23.3 Å². The average molecular weight is 333 g/mol. The Labute approximate surface area is 143 Å². The first-order chi connectivity index (χ1) is 11.3. The molecule has 0 saturated carbocycles. The number of nitrogens with zero attached hydrogens (tertiary/aromatic N) is 2. The van der Waals surface area contributed by atoms with Gasteiger partial charge in [0, 0.05) is 50.0 Å². The van der Waals surface area contributed by atoms with Crippen LogP contribution in [0, 0.1) is 6.92 Å². The summed E-state index contributed by atoms with van der Waals surface area (Å²) in [5, 5.41) is 11.5. The molecule has 2 rings (SSSR count). The van der Waals surface area contributed by atoms with E-state index in [4.69, 9.17) is 5.11 Å². The van der Waals surface area contributed by atoms with Crippen molar-refractivity contribution in [1.29, 1.82) is 0 Å². The normalized spacial score (nSPS) is 15.6. The van der Waals surface area contributed by atoms with Gasteiger partial charge in [0.25, 0.3) is 0 Å². The smallest absolute Gasteiger partial charge is 0.303 e. The quantitative estimate of drug-likeness (QED) is 0.836. The van der Waals surface area contributed by atoms with Crippen LogP contribution in [0.25, 0.3) is 0 Å². The van der Waals surface area contributed by atoms with E-state index in [-0.39, 0.29) is 18.7 Å². The van der Waals surface area contributed by atoms with Gasteiger partial charge in [0.1, 0.15) is 0 Å². The largest absolute Gasteiger partial charge is 0.481 e. The van der Waals surface area contributed by atoms with Crippen LogP contribution in [0.1, 0.15) is 32.3 Å². The Kier molecular flexibility index (Phi) is 6.20. The zero-order valence-corrected chi connectivity index (χ0v) is 14.7. The number of carbonyl (C=O) groups excluding carboxylic acids is 1. The summed E-state index contributed by atoms with van der Waals surface area (Å²) in [5.41, 5.74) is 2.91. The molecule has 24 heavy (non-hydrogen) atoms. The van der Waals surface area contributed by atoms with E-state index < -0.39 is 5.97 Å². The van der Waals surface area contributed by atoms with Gasteiger partial charge in [-0.15, -0.1) is 0 Å². The van der Waals surface area contributed by atoms with Gasteiger partial charge < -0.3 is 15.3 Å². The van der Waals surface area contributed by atoms with Crippen molar-refractivity contribution in [3.05, 3.63) is 23.8 Å². The molecule has 1 aliphatic rings. The molecule has 1 amide bonds. The molecule has 0 bridgehead atoms. The van der Waals surface area contributed by atoms with Crippen molar-refractivity contribution in [1.82, 2.24) is 4.90 Å². The number of piperazine rings is 1. The number of carboxylic acids is 1. The average Bonchev–Trinajstić information content (AvgIpc) is 2.52. The fourth-order valence-electron chi connectivity index (χ4n) is 2.96. The predicted molar refractivity (Wildman–Crippen MR) is 95.6 cm³/mol. The molecule has 0 unspecified atom stereocenters. The predicted octanol–water partition coefficient (Wildman–Crippen LogP) is 2.33. The summed E-state index contributed by atoms with van der Waals surface area (Å²) in [5.74, 6) is -1.23. The van der Waals surface area contributed by atoms with E-state index in [0.717, 1.165) is 43.1 Å². The highest BCUT2D eigenvalue weighted by Gasteiger charge is 2.19. The second kappa shape index (κ2) is 8.15. The summed E-state index contributed by atoms with van der Waals surface area (Å²) >= 11 is 0. The summed E-state index contributed by atoms with van der Waals surface area (Å²) in [6.07, 6.45) is -0.159. The van der Waals surface area contributed by atoms with E-state index in [9.17, 15) is 9.59 Å². The maximum atomic E-state index is 11.8. The van der Waals surface area contributed by atoms with Gasteiger partial charge in [-0.1, -0.05) is 0 Å². The van der Waals surface area contributed by atoms with Crippen molar-refractivity contribution < 1.29 is 14.7 Å². The monoisotopic (exact) mass is 333 g/mol. The topological polar surface area (TPSA) is 72.9 Å². The number of hydrogen-bond acceptors (Lipinski definition) is 4. The van der Waals surface area contributed by atoms with Crippen molar-refractivity contribution in [2.75, 3.05) is 36.4 Å². The lowest BCUT2D eigenvalue weighted by Crippen LogP contribution is -2.48. The molecule has 6 nitrogen and oxygen atoms in total. The van der Waals surface area contributed by atoms with E-state index in [0.29, 0.717) is 6.04 Å². The molecule has 0 atom stereocenters. The standard InChI is InChI=1S/C18H27N3O3/c1-13(2)20-6-8-21(9-7-20)16-11-14(3)10-15(12-16)19-17(22)4-5-18(23)24/h10-13H,4-9H2,1-3H3,(H,19,22)(H,23,24). The minimum absolute atomic E-state index is 0.00826. The zero-order valence-electron chi connectivity index (χ0n) is 14.7. The van der Waals surface area contributed by atoms with Crippen LogP contribution >= 0.6 is 0 Å². The Morgan fingerprint density at radius 1 is 1.12 bits per heavy atom. The molecule has 2 N–H and O–H groups in total. The molecule has 1 aromatic carbocycles. The second-order valence-corrected chi connectivity index (χ2v) is 6.62. The van der Waals surface area contributed by atoms with Crippen LogP contribution in [0.3, 0.4) is 0 Å². The van der Waals surface area contributed by atoms with Crippen LogP contribution < -0.4 is 10.2 Å². The third kappa shape index (κ3) is 5.23. The highest BCUT2D eigenvalue weighted by atomic mass is 16.4. The molecule has 1 aromatic rings. The Morgan fingerprint density at radius 3 is 2.38 bits per heavy atom. The fourth-order valence-corrected chi connectivity index (χ4v) is 2.96. The molecular weight excluding hydrogens is 306 g/mol. The minimum Gasteiger partial charge on any atom is -0.481 e. The summed E-state index contributed by atoms with van der Waals surface area (Å²) < 4.78 is 0. The fraction of sp³-hybridized carbons (Fsp3) is 0.556. The van der Waals surface area contributed by atoms with Gasteiger partial charge in [-0.2, -0.15) is 0 Å². The number of hydrogen-bond donors (Lipinski definition) is 2. The first kappa shape index (κ1) is 18.3. The number of carbonyl (C=O) groups is 2. The Balaban J connectivity index is 2.01. The van der Waals surface area contributed by atoms with Crippen LogP contribution in [-0.2, 0) is 9.59 Å². The number of nitrogens with one attached hydrogen (secondary N) is 1. The van der Waals surface area contributed by atoms with Crippen molar-refractivity contribution in [2.24, 2.45) is 0 Å². The number of carboxylic acid groups (broad SMARTS) is 1. The molecule has 6 heteroatoms. The van der Waals surface area contributed by atoms with E-state index in [2.05, 4.69) is 35.0 Å². The van der Waals surface area contributed by atoms with Crippen LogP contribution in [-0.4, -0.2) is 54.1 Å². The van der Waals surface area contributed by atoms with Crippen LogP contribution in [0.2, 0.25) is 0 Å². The SMILES string of the molecule is Cc1cc(NC(=O)CCC(=O)O)cc(N2CCN(C(C)C)CC2)c1. The van der Waals surface area contributed by atoms with E-state index in [1.807, 2.05) is 19.1 Å². The molecule has 1 aliphatic heterocycles. The lowest BCUT2D eigenvalue weighted by Gasteiger charge is -2.38. The van der Waals surface area contributed by atoms with Gasteiger partial charge in [0.05, 0.1) is 6.42 Å². The van der Waals surface area contributed by atoms with Gasteiger partial charge in [-0.3, -0.25) is 14.5 Å². The second-order valence-electron chi connectivity index (χ2n) is 6.62. The summed E-state index contributed by atoms with van der Waals surface area (Å²) in [6, 6.07) is 6.56. The van der Waals surface area contributed by atoms with Crippen molar-refractivity contribution in [3.63, 3.8) is 0 Å². The lowest BCUT2D eigenvalue weighted by molar-refractivity contribution is -0.138. The molecular formula is C18H27N3O3. The Morgan fingerprint density at radius 2 is 1.79 bits per heavy atom. The molecule has 1 saturated heterocycles. The van der Waals surface area contributed by atoms with Crippen molar-refractivity contribution in [2.45, 2.75) is 39.7 Å². The molecule has 1 fully saturated rings. The number of amides is 1. The molecule has 0 aliphatic carbocycles. The molecule has 132 valence electrons.